The van der Waals surface area contributed by atoms with Crippen molar-refractivity contribution >= 4 is 5.69 Å². The molecule has 1 heterocycles. The van der Waals surface area contributed by atoms with E-state index in [0.29, 0.717) is 17.7 Å². The number of rotatable bonds is 4. The predicted molar refractivity (Wildman–Crippen MR) is 71.5 cm³/mol. The lowest BCUT2D eigenvalue weighted by Crippen LogP contribution is -2.37. The lowest BCUT2D eigenvalue weighted by molar-refractivity contribution is 0.473. The molecule has 1 aliphatic heterocycles. The zero-order valence-corrected chi connectivity index (χ0v) is 10.7. The summed E-state index contributed by atoms with van der Waals surface area (Å²) in [7, 11) is 0. The van der Waals surface area contributed by atoms with Gasteiger partial charge in [0.15, 0.2) is 0 Å². The van der Waals surface area contributed by atoms with Gasteiger partial charge in [-0.1, -0.05) is 19.9 Å². The van der Waals surface area contributed by atoms with Crippen LogP contribution in [0.5, 0.6) is 5.75 Å². The maximum Gasteiger partial charge on any atom is 0.117 e. The van der Waals surface area contributed by atoms with E-state index in [-0.39, 0.29) is 0 Å². The monoisotopic (exact) mass is 234 g/mol. The van der Waals surface area contributed by atoms with E-state index in [1.54, 1.807) is 6.07 Å². The van der Waals surface area contributed by atoms with Gasteiger partial charge in [0.05, 0.1) is 0 Å². The van der Waals surface area contributed by atoms with Crippen molar-refractivity contribution in [2.24, 2.45) is 5.92 Å². The summed E-state index contributed by atoms with van der Waals surface area (Å²) in [5, 5.41) is 16.4. The molecular formula is C14H22N2O. The molecule has 3 heteroatoms. The molecule has 94 valence electrons. The van der Waals surface area contributed by atoms with Gasteiger partial charge in [-0.15, -0.1) is 0 Å². The third-order valence-corrected chi connectivity index (χ3v) is 3.16. The molecule has 3 N–H and O–H groups in total. The molecule has 0 saturated carbocycles. The standard InChI is InChI=1S/C14H22N2O/c1-10(2)8-15-9-12-5-3-11-4-6-13(17)7-14(11)16-12/h4,6-7,10,12,15-17H,3,5,8-9H2,1-2H3. The zero-order valence-electron chi connectivity index (χ0n) is 10.7. The Morgan fingerprint density at radius 1 is 1.47 bits per heavy atom. The number of nitrogens with one attached hydrogen (secondary N) is 2. The number of aromatic hydroxyl groups is 1. The van der Waals surface area contributed by atoms with E-state index in [2.05, 4.69) is 24.5 Å². The molecule has 0 fully saturated rings. The average Bonchev–Trinajstić information content (AvgIpc) is 2.28. The van der Waals surface area contributed by atoms with Crippen molar-refractivity contribution in [2.45, 2.75) is 32.7 Å². The normalized spacial score (nSPS) is 18.9. The fraction of sp³-hybridized carbons (Fsp3) is 0.571. The van der Waals surface area contributed by atoms with Crippen molar-refractivity contribution < 1.29 is 5.11 Å². The van der Waals surface area contributed by atoms with Crippen LogP contribution >= 0.6 is 0 Å². The van der Waals surface area contributed by atoms with Gasteiger partial charge in [0, 0.05) is 24.3 Å². The molecule has 1 atom stereocenters. The van der Waals surface area contributed by atoms with E-state index < -0.39 is 0 Å². The molecule has 0 saturated heterocycles. The van der Waals surface area contributed by atoms with Crippen molar-refractivity contribution in [2.75, 3.05) is 18.4 Å². The average molecular weight is 234 g/mol. The number of phenols is 1. The van der Waals surface area contributed by atoms with Crippen LogP contribution in [0.15, 0.2) is 18.2 Å². The topological polar surface area (TPSA) is 44.3 Å². The van der Waals surface area contributed by atoms with Gasteiger partial charge in [-0.05, 0) is 36.9 Å². The third-order valence-electron chi connectivity index (χ3n) is 3.16. The second kappa shape index (κ2) is 5.41. The molecule has 3 nitrogen and oxygen atoms in total. The van der Waals surface area contributed by atoms with Gasteiger partial charge in [0.25, 0.3) is 0 Å². The second-order valence-electron chi connectivity index (χ2n) is 5.27. The van der Waals surface area contributed by atoms with Crippen LogP contribution in [0.4, 0.5) is 5.69 Å². The molecular weight excluding hydrogens is 212 g/mol. The number of hydrogen-bond acceptors (Lipinski definition) is 3. The SMILES string of the molecule is CC(C)CNCC1CCc2ccc(O)cc2N1. The quantitative estimate of drug-likeness (QED) is 0.749. The van der Waals surface area contributed by atoms with E-state index >= 15 is 0 Å². The highest BCUT2D eigenvalue weighted by molar-refractivity contribution is 5.57. The Morgan fingerprint density at radius 2 is 2.29 bits per heavy atom. The van der Waals surface area contributed by atoms with Crippen molar-refractivity contribution in [3.8, 4) is 5.75 Å². The maximum atomic E-state index is 9.47. The highest BCUT2D eigenvalue weighted by Gasteiger charge is 2.17. The number of hydrogen-bond donors (Lipinski definition) is 3. The van der Waals surface area contributed by atoms with E-state index in [1.807, 2.05) is 12.1 Å². The van der Waals surface area contributed by atoms with Crippen LogP contribution < -0.4 is 10.6 Å². The molecule has 1 aliphatic rings. The van der Waals surface area contributed by atoms with Gasteiger partial charge in [-0.2, -0.15) is 0 Å². The fourth-order valence-corrected chi connectivity index (χ4v) is 2.24. The van der Waals surface area contributed by atoms with Gasteiger partial charge in [-0.3, -0.25) is 0 Å². The van der Waals surface area contributed by atoms with E-state index in [4.69, 9.17) is 0 Å². The van der Waals surface area contributed by atoms with Crippen molar-refractivity contribution in [1.82, 2.24) is 5.32 Å². The van der Waals surface area contributed by atoms with Crippen LogP contribution in [-0.2, 0) is 6.42 Å². The highest BCUT2D eigenvalue weighted by atomic mass is 16.3. The summed E-state index contributed by atoms with van der Waals surface area (Å²) < 4.78 is 0. The number of aryl methyl sites for hydroxylation is 1. The summed E-state index contributed by atoms with van der Waals surface area (Å²) in [4.78, 5) is 0. The summed E-state index contributed by atoms with van der Waals surface area (Å²) in [5.74, 6) is 1.03. The zero-order chi connectivity index (χ0) is 12.3. The molecule has 17 heavy (non-hydrogen) atoms. The van der Waals surface area contributed by atoms with Crippen LogP contribution in [0.1, 0.15) is 25.8 Å². The largest absolute Gasteiger partial charge is 0.508 e. The van der Waals surface area contributed by atoms with Crippen LogP contribution in [0, 0.1) is 5.92 Å². The lowest BCUT2D eigenvalue weighted by Gasteiger charge is -2.27. The molecule has 1 aromatic carbocycles. The minimum absolute atomic E-state index is 0.340. The predicted octanol–water partition coefficient (Wildman–Crippen LogP) is 2.36. The summed E-state index contributed by atoms with van der Waals surface area (Å²) >= 11 is 0. The molecule has 1 aromatic rings. The first-order valence-electron chi connectivity index (χ1n) is 6.44. The second-order valence-corrected chi connectivity index (χ2v) is 5.27. The summed E-state index contributed by atoms with van der Waals surface area (Å²) in [6.45, 7) is 6.49. The molecule has 0 bridgehead atoms. The van der Waals surface area contributed by atoms with Gasteiger partial charge in [0.1, 0.15) is 5.75 Å². The molecule has 0 radical (unpaired) electrons. The first-order chi connectivity index (χ1) is 8.15. The van der Waals surface area contributed by atoms with Gasteiger partial charge in [0.2, 0.25) is 0 Å². The van der Waals surface area contributed by atoms with Crippen LogP contribution in [-0.4, -0.2) is 24.2 Å². The van der Waals surface area contributed by atoms with Crippen LogP contribution in [0.25, 0.3) is 0 Å². The molecule has 0 amide bonds. The van der Waals surface area contributed by atoms with Crippen LogP contribution in [0.3, 0.4) is 0 Å². The Morgan fingerprint density at radius 3 is 3.06 bits per heavy atom. The first kappa shape index (κ1) is 12.2. The van der Waals surface area contributed by atoms with E-state index in [0.717, 1.165) is 31.6 Å². The number of phenolic OH excluding ortho intramolecular Hbond substituents is 1. The lowest BCUT2D eigenvalue weighted by atomic mass is 9.98. The van der Waals surface area contributed by atoms with Crippen LogP contribution in [0.2, 0.25) is 0 Å². The maximum absolute atomic E-state index is 9.47. The Balaban J connectivity index is 1.89. The Kier molecular flexibility index (Phi) is 3.89. The van der Waals surface area contributed by atoms with Gasteiger partial charge < -0.3 is 15.7 Å². The molecule has 1 unspecified atom stereocenters. The summed E-state index contributed by atoms with van der Waals surface area (Å²) in [5.41, 5.74) is 2.40. The minimum Gasteiger partial charge on any atom is -0.508 e. The smallest absolute Gasteiger partial charge is 0.117 e. The highest BCUT2D eigenvalue weighted by Crippen LogP contribution is 2.27. The Labute approximate surface area is 103 Å². The Hall–Kier alpha value is -1.22. The fourth-order valence-electron chi connectivity index (χ4n) is 2.24. The minimum atomic E-state index is 0.340. The van der Waals surface area contributed by atoms with Gasteiger partial charge >= 0.3 is 0 Å². The molecule has 0 aromatic heterocycles. The van der Waals surface area contributed by atoms with Gasteiger partial charge in [-0.25, -0.2) is 0 Å². The third kappa shape index (κ3) is 3.37. The molecule has 2 rings (SSSR count). The summed E-state index contributed by atoms with van der Waals surface area (Å²) in [6, 6.07) is 6.07. The number of benzene rings is 1. The first-order valence-corrected chi connectivity index (χ1v) is 6.44. The molecule has 0 spiro atoms. The summed E-state index contributed by atoms with van der Waals surface area (Å²) in [6.07, 6.45) is 2.25. The van der Waals surface area contributed by atoms with E-state index in [9.17, 15) is 5.11 Å². The number of fused-ring (bicyclic) bond motifs is 1. The van der Waals surface area contributed by atoms with Crippen molar-refractivity contribution in [3.05, 3.63) is 23.8 Å². The van der Waals surface area contributed by atoms with Crippen molar-refractivity contribution in [3.63, 3.8) is 0 Å². The van der Waals surface area contributed by atoms with E-state index in [1.165, 1.54) is 5.56 Å². The van der Waals surface area contributed by atoms with Crippen molar-refractivity contribution in [1.29, 1.82) is 0 Å². The number of anilines is 1. The Bertz CT molecular complexity index is 376. The molecule has 0 aliphatic carbocycles.